The molecule has 0 fully saturated rings. The third-order valence-corrected chi connectivity index (χ3v) is 9.33. The molecule has 0 amide bonds. The van der Waals surface area contributed by atoms with E-state index in [1.165, 1.54) is 4.57 Å². The van der Waals surface area contributed by atoms with Gasteiger partial charge in [-0.1, -0.05) is 130 Å². The average molecular weight is 604 g/mol. The number of fused-ring (bicyclic) bond motifs is 6. The highest BCUT2D eigenvalue weighted by Gasteiger charge is 2.35. The molecule has 9 rings (SSSR count). The van der Waals surface area contributed by atoms with Gasteiger partial charge in [0.25, 0.3) is 0 Å². The molecule has 0 saturated carbocycles. The van der Waals surface area contributed by atoms with E-state index in [4.69, 9.17) is 12.3 Å². The van der Waals surface area contributed by atoms with Gasteiger partial charge in [0.05, 0.1) is 22.0 Å². The van der Waals surface area contributed by atoms with Crippen molar-refractivity contribution in [2.45, 2.75) is 32.5 Å². The first-order valence-corrected chi connectivity index (χ1v) is 15.1. The molecule has 0 bridgehead atoms. The Balaban J connectivity index is 1.38. The standard InChI is InChI=1S/C44H34N2/c1-4-41-45-39-19-11-12-20-40(39)46(41)30-24-21-28(22-25-30)42-33-14-5-7-16-35(33)43(36-17-8-6-15-34(36)42)29-23-26-32-31-13-9-10-18-37(31)44(2,3)38(32)27-29/h5-27H,4H2,1-3H3/i1D3,4D2,5D,6D,7D,8D,14D,15D,16D,17D. The fraction of sp³-hybridized carbons (Fsp3) is 0.114. The number of aryl methyl sites for hydroxylation is 1. The van der Waals surface area contributed by atoms with Crippen LogP contribution in [0.15, 0.2) is 139 Å². The van der Waals surface area contributed by atoms with E-state index in [2.05, 4.69) is 31.0 Å². The molecule has 0 unspecified atom stereocenters. The lowest BCUT2D eigenvalue weighted by molar-refractivity contribution is 0.660. The van der Waals surface area contributed by atoms with Crippen LogP contribution in [-0.4, -0.2) is 9.55 Å². The van der Waals surface area contributed by atoms with Crippen molar-refractivity contribution in [1.29, 1.82) is 0 Å². The molecule has 0 aliphatic heterocycles. The molecule has 1 aliphatic carbocycles. The Kier molecular flexibility index (Phi) is 3.64. The lowest BCUT2D eigenvalue weighted by atomic mass is 9.80. The third kappa shape index (κ3) is 3.80. The van der Waals surface area contributed by atoms with Crippen LogP contribution in [0.2, 0.25) is 0 Å². The van der Waals surface area contributed by atoms with E-state index >= 15 is 0 Å². The van der Waals surface area contributed by atoms with E-state index in [0.29, 0.717) is 27.8 Å². The Morgan fingerprint density at radius 1 is 0.674 bits per heavy atom. The van der Waals surface area contributed by atoms with E-state index in [1.807, 2.05) is 30.3 Å². The van der Waals surface area contributed by atoms with Gasteiger partial charge < -0.3 is 0 Å². The van der Waals surface area contributed by atoms with E-state index in [0.717, 1.165) is 22.3 Å². The van der Waals surface area contributed by atoms with Crippen LogP contribution in [0.3, 0.4) is 0 Å². The predicted octanol–water partition coefficient (Wildman–Crippen LogP) is 11.5. The largest absolute Gasteiger partial charge is 0.296 e. The molecule has 7 aromatic carbocycles. The topological polar surface area (TPSA) is 17.8 Å². The van der Waals surface area contributed by atoms with Crippen LogP contribution >= 0.6 is 0 Å². The summed E-state index contributed by atoms with van der Waals surface area (Å²) in [6.45, 7) is 1.15. The number of nitrogens with zero attached hydrogens (tertiary/aromatic N) is 2. The number of benzene rings is 7. The molecule has 0 atom stereocenters. The van der Waals surface area contributed by atoms with Crippen LogP contribution in [0.5, 0.6) is 0 Å². The van der Waals surface area contributed by atoms with Gasteiger partial charge in [-0.3, -0.25) is 4.57 Å². The van der Waals surface area contributed by atoms with Crippen LogP contribution in [0, 0.1) is 0 Å². The van der Waals surface area contributed by atoms with Gasteiger partial charge in [-0.15, -0.1) is 0 Å². The summed E-state index contributed by atoms with van der Waals surface area (Å²) in [6, 6.07) is 23.5. The summed E-state index contributed by atoms with van der Waals surface area (Å²) >= 11 is 0. The van der Waals surface area contributed by atoms with Crippen LogP contribution in [0.25, 0.3) is 71.6 Å². The van der Waals surface area contributed by atoms with Gasteiger partial charge in [0.15, 0.2) is 0 Å². The predicted molar refractivity (Wildman–Crippen MR) is 194 cm³/mol. The SMILES string of the molecule is [2H]c1c([2H])c([2H])c2c(-c3ccc4c(c3)C(C)(C)c3ccccc3-4)c3c([2H])c([2H])c([2H])c([2H])c3c(-c3ccc(-n4c(C([2H])([2H])C([2H])([2H])[2H])nc5ccccc54)cc3)c2c1[2H]. The zero-order valence-electron chi connectivity index (χ0n) is 38.1. The monoisotopic (exact) mass is 603 g/mol. The quantitative estimate of drug-likeness (QED) is 0.183. The van der Waals surface area contributed by atoms with Crippen LogP contribution in [-0.2, 0) is 11.8 Å². The highest BCUT2D eigenvalue weighted by Crippen LogP contribution is 2.51. The summed E-state index contributed by atoms with van der Waals surface area (Å²) in [7, 11) is 0. The molecule has 1 aromatic heterocycles. The van der Waals surface area contributed by atoms with Gasteiger partial charge in [-0.25, -0.2) is 4.98 Å². The molecule has 0 N–H and O–H groups in total. The normalized spacial score (nSPS) is 18.0. The zero-order valence-corrected chi connectivity index (χ0v) is 25.1. The van der Waals surface area contributed by atoms with Crippen molar-refractivity contribution < 1.29 is 17.8 Å². The number of hydrogen-bond acceptors (Lipinski definition) is 1. The molecule has 8 aromatic rings. The summed E-state index contributed by atoms with van der Waals surface area (Å²) in [5.74, 6) is -0.337. The molecule has 2 nitrogen and oxygen atoms in total. The van der Waals surface area contributed by atoms with Crippen molar-refractivity contribution >= 4 is 32.6 Å². The molecule has 1 aliphatic rings. The average Bonchev–Trinajstić information content (AvgIpc) is 3.72. The van der Waals surface area contributed by atoms with E-state index in [9.17, 15) is 5.48 Å². The second-order valence-electron chi connectivity index (χ2n) is 12.1. The minimum absolute atomic E-state index is 0.0619. The van der Waals surface area contributed by atoms with Crippen molar-refractivity contribution in [3.8, 4) is 39.1 Å². The van der Waals surface area contributed by atoms with Crippen molar-refractivity contribution in [2.75, 3.05) is 0 Å². The van der Waals surface area contributed by atoms with Gasteiger partial charge in [0.2, 0.25) is 0 Å². The first kappa shape index (κ1) is 16.7. The zero-order chi connectivity index (χ0) is 42.2. The van der Waals surface area contributed by atoms with Crippen molar-refractivity contribution in [2.24, 2.45) is 0 Å². The molecule has 220 valence electrons. The first-order valence-electron chi connectivity index (χ1n) is 21.6. The number of aromatic nitrogens is 2. The summed E-state index contributed by atoms with van der Waals surface area (Å²) in [5.41, 5.74) is 6.18. The van der Waals surface area contributed by atoms with Gasteiger partial charge in [0, 0.05) is 24.3 Å². The fourth-order valence-corrected chi connectivity index (χ4v) is 7.21. The van der Waals surface area contributed by atoms with Crippen LogP contribution in [0.4, 0.5) is 0 Å². The van der Waals surface area contributed by atoms with E-state index in [-0.39, 0.29) is 50.6 Å². The number of imidazole rings is 1. The fourth-order valence-electron chi connectivity index (χ4n) is 7.21. The minimum atomic E-state index is -3.06. The highest BCUT2D eigenvalue weighted by atomic mass is 15.1. The maximum absolute atomic E-state index is 9.37. The maximum Gasteiger partial charge on any atom is 0.114 e. The Hall–Kier alpha value is -5.47. The Labute approximate surface area is 287 Å². The van der Waals surface area contributed by atoms with Gasteiger partial charge in [0.1, 0.15) is 5.82 Å². The molecule has 0 spiro atoms. The number of rotatable bonds is 4. The summed E-state index contributed by atoms with van der Waals surface area (Å²) in [5, 5.41) is 0.308. The molecular formula is C44H34N2. The molecule has 2 heteroatoms. The Morgan fingerprint density at radius 2 is 1.26 bits per heavy atom. The minimum Gasteiger partial charge on any atom is -0.296 e. The molecule has 0 radical (unpaired) electrons. The van der Waals surface area contributed by atoms with Crippen molar-refractivity contribution in [3.63, 3.8) is 0 Å². The van der Waals surface area contributed by atoms with Crippen LogP contribution < -0.4 is 0 Å². The summed E-state index contributed by atoms with van der Waals surface area (Å²) in [6.07, 6.45) is -2.85. The summed E-state index contributed by atoms with van der Waals surface area (Å²) < 4.78 is 115. The maximum atomic E-state index is 9.37. The molecule has 46 heavy (non-hydrogen) atoms. The Bertz CT molecular complexity index is 3050. The van der Waals surface area contributed by atoms with Crippen molar-refractivity contribution in [1.82, 2.24) is 9.55 Å². The molecular weight excluding hydrogens is 556 g/mol. The van der Waals surface area contributed by atoms with E-state index < -0.39 is 54.9 Å². The molecule has 1 heterocycles. The number of hydrogen-bond donors (Lipinski definition) is 0. The van der Waals surface area contributed by atoms with E-state index in [1.54, 1.807) is 48.5 Å². The smallest absolute Gasteiger partial charge is 0.114 e. The summed E-state index contributed by atoms with van der Waals surface area (Å²) in [4.78, 5) is 4.41. The molecule has 0 saturated heterocycles. The van der Waals surface area contributed by atoms with Crippen LogP contribution in [0.1, 0.15) is 55.5 Å². The van der Waals surface area contributed by atoms with Gasteiger partial charge >= 0.3 is 0 Å². The van der Waals surface area contributed by atoms with Crippen molar-refractivity contribution in [3.05, 3.63) is 156 Å². The lowest BCUT2D eigenvalue weighted by Gasteiger charge is -2.23. The Morgan fingerprint density at radius 3 is 1.96 bits per heavy atom. The van der Waals surface area contributed by atoms with Gasteiger partial charge in [-0.05, 0) is 96.4 Å². The second kappa shape index (κ2) is 10.0. The first-order chi connectivity index (χ1) is 27.8. The highest BCUT2D eigenvalue weighted by molar-refractivity contribution is 6.21. The van der Waals surface area contributed by atoms with Gasteiger partial charge in [-0.2, -0.15) is 0 Å². The second-order valence-corrected chi connectivity index (χ2v) is 12.1. The number of para-hydroxylation sites is 2. The lowest BCUT2D eigenvalue weighted by Crippen LogP contribution is -2.14. The third-order valence-electron chi connectivity index (χ3n) is 9.33.